The van der Waals surface area contributed by atoms with E-state index in [2.05, 4.69) is 48.1 Å². The maximum Gasteiger partial charge on any atom is 0.0482 e. The van der Waals surface area contributed by atoms with Crippen LogP contribution in [0.15, 0.2) is 0 Å². The normalized spacial score (nSPS) is 29.7. The van der Waals surface area contributed by atoms with Crippen molar-refractivity contribution in [2.45, 2.75) is 39.8 Å². The van der Waals surface area contributed by atoms with Crippen molar-refractivity contribution in [2.75, 3.05) is 39.5 Å². The van der Waals surface area contributed by atoms with Gasteiger partial charge in [0.25, 0.3) is 0 Å². The fraction of sp³-hybridized carbons (Fsp3) is 1.00. The molecule has 18 heavy (non-hydrogen) atoms. The number of likely N-dealkylation sites (tertiary alicyclic amines) is 2. The van der Waals surface area contributed by atoms with E-state index in [4.69, 9.17) is 0 Å². The Bertz CT molecular complexity index is 216. The van der Waals surface area contributed by atoms with Gasteiger partial charge in [-0.05, 0) is 39.5 Å². The van der Waals surface area contributed by atoms with Gasteiger partial charge < -0.3 is 10.6 Å². The lowest BCUT2D eigenvalue weighted by Crippen LogP contribution is -2.40. The molecule has 0 amide bonds. The van der Waals surface area contributed by atoms with E-state index >= 15 is 0 Å². The lowest BCUT2D eigenvalue weighted by Gasteiger charge is -2.23. The highest BCUT2D eigenvalue weighted by Gasteiger charge is 2.39. The lowest BCUT2D eigenvalue weighted by atomic mass is 10.0. The molecule has 2 aliphatic heterocycles. The van der Waals surface area contributed by atoms with Crippen LogP contribution in [-0.2, 0) is 0 Å². The van der Waals surface area contributed by atoms with Crippen LogP contribution >= 0.6 is 0 Å². The first-order valence-electron chi connectivity index (χ1n) is 7.46. The molecule has 4 nitrogen and oxygen atoms in total. The maximum absolute atomic E-state index is 3.53. The molecule has 0 unspecified atom stereocenters. The quantitative estimate of drug-likeness (QED) is 0.733. The first kappa shape index (κ1) is 14.3. The molecule has 2 aliphatic rings. The summed E-state index contributed by atoms with van der Waals surface area (Å²) in [7, 11) is 0. The van der Waals surface area contributed by atoms with Crippen molar-refractivity contribution in [1.29, 1.82) is 0 Å². The van der Waals surface area contributed by atoms with Crippen LogP contribution in [-0.4, -0.2) is 61.4 Å². The smallest absolute Gasteiger partial charge is 0.0482 e. The van der Waals surface area contributed by atoms with Crippen LogP contribution in [0.1, 0.15) is 27.7 Å². The zero-order valence-corrected chi connectivity index (χ0v) is 12.4. The van der Waals surface area contributed by atoms with Gasteiger partial charge in [-0.25, -0.2) is 0 Å². The monoisotopic (exact) mass is 254 g/mol. The van der Waals surface area contributed by atoms with Gasteiger partial charge in [0, 0.05) is 51.6 Å². The third-order valence-corrected chi connectivity index (χ3v) is 4.08. The lowest BCUT2D eigenvalue weighted by molar-refractivity contribution is 0.227. The molecule has 0 saturated carbocycles. The Kier molecular flexibility index (Phi) is 5.01. The van der Waals surface area contributed by atoms with Crippen molar-refractivity contribution in [1.82, 2.24) is 20.4 Å². The Morgan fingerprint density at radius 3 is 1.39 bits per heavy atom. The molecule has 106 valence electrons. The SMILES string of the molecule is CC(C)NCN1CC2CN(CNC(C)C)CC2C1. The Morgan fingerprint density at radius 1 is 0.778 bits per heavy atom. The molecular weight excluding hydrogens is 224 g/mol. The van der Waals surface area contributed by atoms with Crippen LogP contribution in [0.5, 0.6) is 0 Å². The van der Waals surface area contributed by atoms with Crippen LogP contribution in [0, 0.1) is 11.8 Å². The van der Waals surface area contributed by atoms with E-state index in [9.17, 15) is 0 Å². The molecule has 0 aliphatic carbocycles. The summed E-state index contributed by atoms with van der Waals surface area (Å²) >= 11 is 0. The predicted molar refractivity (Wildman–Crippen MR) is 76.4 cm³/mol. The zero-order valence-electron chi connectivity index (χ0n) is 12.4. The molecule has 2 fully saturated rings. The molecule has 2 N–H and O–H groups in total. The average molecular weight is 254 g/mol. The fourth-order valence-corrected chi connectivity index (χ4v) is 3.07. The van der Waals surface area contributed by atoms with Gasteiger partial charge in [0.05, 0.1) is 0 Å². The third kappa shape index (κ3) is 3.92. The van der Waals surface area contributed by atoms with Crippen molar-refractivity contribution in [2.24, 2.45) is 11.8 Å². The van der Waals surface area contributed by atoms with Crippen LogP contribution in [0.2, 0.25) is 0 Å². The number of rotatable bonds is 6. The molecule has 0 aromatic carbocycles. The van der Waals surface area contributed by atoms with Crippen molar-refractivity contribution < 1.29 is 0 Å². The highest BCUT2D eigenvalue weighted by Crippen LogP contribution is 2.30. The average Bonchev–Trinajstić information content (AvgIpc) is 2.80. The molecule has 2 heterocycles. The second-order valence-corrected chi connectivity index (χ2v) is 6.63. The van der Waals surface area contributed by atoms with E-state index in [1.807, 2.05) is 0 Å². The summed E-state index contributed by atoms with van der Waals surface area (Å²) in [6.07, 6.45) is 0. The highest BCUT2D eigenvalue weighted by molar-refractivity contribution is 4.92. The number of hydrogen-bond donors (Lipinski definition) is 2. The summed E-state index contributed by atoms with van der Waals surface area (Å²) in [6, 6.07) is 1.19. The van der Waals surface area contributed by atoms with Crippen LogP contribution in [0.4, 0.5) is 0 Å². The minimum Gasteiger partial charge on any atom is -0.302 e. The van der Waals surface area contributed by atoms with Crippen molar-refractivity contribution >= 4 is 0 Å². The van der Waals surface area contributed by atoms with Gasteiger partial charge in [-0.15, -0.1) is 0 Å². The Balaban J connectivity index is 1.67. The molecule has 2 saturated heterocycles. The summed E-state index contributed by atoms with van der Waals surface area (Å²) in [5.41, 5.74) is 0. The first-order valence-corrected chi connectivity index (χ1v) is 7.46. The van der Waals surface area contributed by atoms with Crippen LogP contribution in [0.25, 0.3) is 0 Å². The molecule has 0 atom stereocenters. The summed E-state index contributed by atoms with van der Waals surface area (Å²) < 4.78 is 0. The number of hydrogen-bond acceptors (Lipinski definition) is 4. The number of nitrogens with one attached hydrogen (secondary N) is 2. The van der Waals surface area contributed by atoms with Crippen LogP contribution < -0.4 is 10.6 Å². The molecule has 2 rings (SSSR count). The van der Waals surface area contributed by atoms with Crippen molar-refractivity contribution in [3.8, 4) is 0 Å². The van der Waals surface area contributed by atoms with E-state index < -0.39 is 0 Å². The van der Waals surface area contributed by atoms with Gasteiger partial charge in [0.2, 0.25) is 0 Å². The molecule has 0 bridgehead atoms. The molecular formula is C14H30N4. The van der Waals surface area contributed by atoms with Gasteiger partial charge >= 0.3 is 0 Å². The van der Waals surface area contributed by atoms with E-state index in [1.54, 1.807) is 0 Å². The maximum atomic E-state index is 3.53. The number of fused-ring (bicyclic) bond motifs is 1. The second-order valence-electron chi connectivity index (χ2n) is 6.63. The van der Waals surface area contributed by atoms with Gasteiger partial charge in [-0.3, -0.25) is 9.80 Å². The third-order valence-electron chi connectivity index (χ3n) is 4.08. The van der Waals surface area contributed by atoms with Gasteiger partial charge in [-0.2, -0.15) is 0 Å². The highest BCUT2D eigenvalue weighted by atomic mass is 15.3. The molecule has 0 aromatic rings. The summed E-state index contributed by atoms with van der Waals surface area (Å²) in [5.74, 6) is 1.79. The van der Waals surface area contributed by atoms with E-state index in [-0.39, 0.29) is 0 Å². The molecule has 4 heteroatoms. The van der Waals surface area contributed by atoms with Gasteiger partial charge in [0.15, 0.2) is 0 Å². The van der Waals surface area contributed by atoms with Crippen LogP contribution in [0.3, 0.4) is 0 Å². The number of nitrogens with zero attached hydrogens (tertiary/aromatic N) is 2. The molecule has 0 aromatic heterocycles. The minimum atomic E-state index is 0.595. The fourth-order valence-electron chi connectivity index (χ4n) is 3.07. The summed E-state index contributed by atoms with van der Waals surface area (Å²) in [5, 5.41) is 7.06. The topological polar surface area (TPSA) is 30.5 Å². The summed E-state index contributed by atoms with van der Waals surface area (Å²) in [4.78, 5) is 5.17. The van der Waals surface area contributed by atoms with Gasteiger partial charge in [0.1, 0.15) is 0 Å². The zero-order chi connectivity index (χ0) is 13.1. The Morgan fingerprint density at radius 2 is 1.11 bits per heavy atom. The summed E-state index contributed by atoms with van der Waals surface area (Å²) in [6.45, 7) is 16.1. The van der Waals surface area contributed by atoms with E-state index in [0.29, 0.717) is 12.1 Å². The van der Waals surface area contributed by atoms with Gasteiger partial charge in [-0.1, -0.05) is 0 Å². The Hall–Kier alpha value is -0.160. The minimum absolute atomic E-state index is 0.595. The van der Waals surface area contributed by atoms with E-state index in [1.165, 1.54) is 26.2 Å². The molecule has 0 radical (unpaired) electrons. The first-order chi connectivity index (χ1) is 8.54. The van der Waals surface area contributed by atoms with E-state index in [0.717, 1.165) is 25.2 Å². The standard InChI is InChI=1S/C14H30N4/c1-11(2)15-9-17-5-13-7-18(8-14(13)6-17)10-16-12(3)4/h11-16H,5-10H2,1-4H3. The second kappa shape index (κ2) is 6.33. The predicted octanol–water partition coefficient (Wildman–Crippen LogP) is 0.761. The molecule has 0 spiro atoms. The van der Waals surface area contributed by atoms with Crippen molar-refractivity contribution in [3.63, 3.8) is 0 Å². The largest absolute Gasteiger partial charge is 0.302 e. The van der Waals surface area contributed by atoms with Crippen molar-refractivity contribution in [3.05, 3.63) is 0 Å². The Labute approximate surface area is 112 Å².